The fourth-order valence-electron chi connectivity index (χ4n) is 2.88. The van der Waals surface area contributed by atoms with Crippen molar-refractivity contribution in [2.75, 3.05) is 11.5 Å². The number of aromatic hydroxyl groups is 1. The fraction of sp³-hybridized carbons (Fsp3) is 0.143. The lowest BCUT2D eigenvalue weighted by atomic mass is 10.0. The summed E-state index contributed by atoms with van der Waals surface area (Å²) in [6.45, 7) is 5.87. The number of amides is 3. The second kappa shape index (κ2) is 8.19. The molecule has 0 aliphatic carbocycles. The molecule has 2 aromatic rings. The van der Waals surface area contributed by atoms with Crippen molar-refractivity contribution in [1.82, 2.24) is 5.32 Å². The summed E-state index contributed by atoms with van der Waals surface area (Å²) in [4.78, 5) is 26.1. The average molecular weight is 399 g/mol. The molecule has 6 nitrogen and oxygen atoms in total. The third-order valence-electron chi connectivity index (χ3n) is 4.11. The van der Waals surface area contributed by atoms with Crippen molar-refractivity contribution < 1.29 is 19.4 Å². The van der Waals surface area contributed by atoms with Crippen molar-refractivity contribution in [2.45, 2.75) is 13.3 Å². The first-order valence-corrected chi connectivity index (χ1v) is 9.04. The highest BCUT2D eigenvalue weighted by atomic mass is 35.5. The van der Waals surface area contributed by atoms with Crippen LogP contribution in [0, 0.1) is 0 Å². The predicted octanol–water partition coefficient (Wildman–Crippen LogP) is 4.27. The number of nitrogens with one attached hydrogen (secondary N) is 1. The van der Waals surface area contributed by atoms with E-state index < -0.39 is 11.9 Å². The highest BCUT2D eigenvalue weighted by Gasteiger charge is 2.34. The largest absolute Gasteiger partial charge is 0.504 e. The van der Waals surface area contributed by atoms with Gasteiger partial charge in [-0.05, 0) is 61.4 Å². The van der Waals surface area contributed by atoms with E-state index in [0.29, 0.717) is 40.6 Å². The van der Waals surface area contributed by atoms with Gasteiger partial charge in [-0.1, -0.05) is 17.7 Å². The second-order valence-electron chi connectivity index (χ2n) is 6.06. The molecule has 0 spiro atoms. The average Bonchev–Trinajstić information content (AvgIpc) is 2.93. The molecule has 0 unspecified atom stereocenters. The van der Waals surface area contributed by atoms with Crippen LogP contribution in [-0.4, -0.2) is 23.7 Å². The zero-order valence-electron chi connectivity index (χ0n) is 15.2. The zero-order chi connectivity index (χ0) is 20.3. The molecule has 2 N–H and O–H groups in total. The molecule has 144 valence electrons. The molecule has 1 aliphatic rings. The highest BCUT2D eigenvalue weighted by molar-refractivity contribution is 6.31. The molecular formula is C21H19ClN2O4. The molecule has 1 fully saturated rings. The summed E-state index contributed by atoms with van der Waals surface area (Å²) >= 11 is 5.87. The Labute approximate surface area is 167 Å². The normalized spacial score (nSPS) is 15.1. The number of nitrogens with zero attached hydrogens (tertiary/aromatic N) is 1. The molecule has 0 radical (unpaired) electrons. The van der Waals surface area contributed by atoms with Crippen molar-refractivity contribution in [2.24, 2.45) is 0 Å². The number of phenolic OH excluding ortho intramolecular Hbond substituents is 1. The summed E-state index contributed by atoms with van der Waals surface area (Å²) < 4.78 is 5.47. The molecule has 3 amide bonds. The lowest BCUT2D eigenvalue weighted by molar-refractivity contribution is -0.113. The summed E-state index contributed by atoms with van der Waals surface area (Å²) in [5, 5.41) is 13.4. The van der Waals surface area contributed by atoms with Gasteiger partial charge in [0.25, 0.3) is 5.91 Å². The van der Waals surface area contributed by atoms with Gasteiger partial charge < -0.3 is 15.2 Å². The number of carbonyl (C=O) groups is 2. The topological polar surface area (TPSA) is 78.9 Å². The summed E-state index contributed by atoms with van der Waals surface area (Å²) in [6, 6.07) is 9.19. The maximum absolute atomic E-state index is 12.7. The first-order chi connectivity index (χ1) is 13.4. The lowest BCUT2D eigenvalue weighted by Gasteiger charge is -2.12. The Hall–Kier alpha value is -3.25. The first-order valence-electron chi connectivity index (χ1n) is 8.67. The highest BCUT2D eigenvalue weighted by Crippen LogP contribution is 2.33. The van der Waals surface area contributed by atoms with E-state index in [0.717, 1.165) is 4.90 Å². The number of phenols is 1. The van der Waals surface area contributed by atoms with Gasteiger partial charge in [-0.25, -0.2) is 9.69 Å². The Morgan fingerprint density at radius 2 is 1.96 bits per heavy atom. The van der Waals surface area contributed by atoms with Crippen molar-refractivity contribution >= 4 is 35.3 Å². The second-order valence-corrected chi connectivity index (χ2v) is 6.49. The summed E-state index contributed by atoms with van der Waals surface area (Å²) in [6.07, 6.45) is 3.64. The number of ether oxygens (including phenoxy) is 1. The number of anilines is 1. The van der Waals surface area contributed by atoms with Gasteiger partial charge >= 0.3 is 6.03 Å². The summed E-state index contributed by atoms with van der Waals surface area (Å²) in [7, 11) is 0. The smallest absolute Gasteiger partial charge is 0.333 e. The Morgan fingerprint density at radius 3 is 2.61 bits per heavy atom. The lowest BCUT2D eigenvalue weighted by Crippen LogP contribution is -2.30. The van der Waals surface area contributed by atoms with Crippen molar-refractivity contribution in [3.05, 3.63) is 70.9 Å². The molecule has 1 aliphatic heterocycles. The van der Waals surface area contributed by atoms with Crippen LogP contribution in [0.5, 0.6) is 11.5 Å². The number of hydrogen-bond acceptors (Lipinski definition) is 4. The van der Waals surface area contributed by atoms with Crippen LogP contribution in [0.3, 0.4) is 0 Å². The number of allylic oxidation sites excluding steroid dienone is 1. The minimum Gasteiger partial charge on any atom is -0.504 e. The number of rotatable bonds is 6. The molecule has 1 heterocycles. The molecule has 3 rings (SSSR count). The molecule has 0 atom stereocenters. The van der Waals surface area contributed by atoms with Crippen LogP contribution in [0.1, 0.15) is 18.1 Å². The van der Waals surface area contributed by atoms with E-state index >= 15 is 0 Å². The number of halogens is 1. The third kappa shape index (κ3) is 3.87. The number of carbonyl (C=O) groups excluding carboxylic acids is 2. The quantitative estimate of drug-likeness (QED) is 0.432. The maximum Gasteiger partial charge on any atom is 0.333 e. The van der Waals surface area contributed by atoms with Gasteiger partial charge in [-0.15, -0.1) is 6.58 Å². The summed E-state index contributed by atoms with van der Waals surface area (Å²) in [5.41, 5.74) is 1.76. The number of benzene rings is 2. The van der Waals surface area contributed by atoms with E-state index in [9.17, 15) is 14.7 Å². The molecule has 7 heteroatoms. The third-order valence-corrected chi connectivity index (χ3v) is 4.37. The van der Waals surface area contributed by atoms with Crippen LogP contribution in [0.4, 0.5) is 10.5 Å². The Kier molecular flexibility index (Phi) is 5.70. The van der Waals surface area contributed by atoms with E-state index in [2.05, 4.69) is 11.9 Å². The van der Waals surface area contributed by atoms with Crippen molar-refractivity contribution in [3.8, 4) is 11.5 Å². The van der Waals surface area contributed by atoms with E-state index in [-0.39, 0.29) is 11.4 Å². The van der Waals surface area contributed by atoms with Crippen LogP contribution >= 0.6 is 11.6 Å². The van der Waals surface area contributed by atoms with Crippen LogP contribution in [-0.2, 0) is 11.2 Å². The Morgan fingerprint density at radius 1 is 1.25 bits per heavy atom. The van der Waals surface area contributed by atoms with Crippen LogP contribution in [0.2, 0.25) is 5.02 Å². The van der Waals surface area contributed by atoms with Crippen molar-refractivity contribution in [3.63, 3.8) is 0 Å². The molecule has 0 aromatic heterocycles. The molecule has 1 saturated heterocycles. The van der Waals surface area contributed by atoms with Crippen molar-refractivity contribution in [1.29, 1.82) is 0 Å². The molecule has 0 bridgehead atoms. The maximum atomic E-state index is 12.7. The van der Waals surface area contributed by atoms with Gasteiger partial charge in [0.15, 0.2) is 11.5 Å². The standard InChI is InChI=1S/C21H19ClN2O4/c1-3-5-14-10-13(12-18(19(14)25)28-4-2)11-17-20(26)24(21(27)23-17)16-8-6-15(22)7-9-16/h3,6-12,25H,1,4-5H2,2H3,(H,23,27)/b17-11+. The molecular weight excluding hydrogens is 380 g/mol. The number of imide groups is 1. The van der Waals surface area contributed by atoms with E-state index in [1.165, 1.54) is 0 Å². The Bertz CT molecular complexity index is 967. The van der Waals surface area contributed by atoms with Crippen LogP contribution in [0.25, 0.3) is 6.08 Å². The fourth-order valence-corrected chi connectivity index (χ4v) is 3.00. The minimum atomic E-state index is -0.548. The summed E-state index contributed by atoms with van der Waals surface area (Å²) in [5.74, 6) is -0.142. The van der Waals surface area contributed by atoms with Gasteiger partial charge in [-0.3, -0.25) is 4.79 Å². The van der Waals surface area contributed by atoms with Crippen LogP contribution in [0.15, 0.2) is 54.8 Å². The number of urea groups is 1. The van der Waals surface area contributed by atoms with Gasteiger partial charge in [0, 0.05) is 10.6 Å². The monoisotopic (exact) mass is 398 g/mol. The minimum absolute atomic E-state index is 0.0356. The predicted molar refractivity (Wildman–Crippen MR) is 109 cm³/mol. The zero-order valence-corrected chi connectivity index (χ0v) is 16.0. The van der Waals surface area contributed by atoms with Gasteiger partial charge in [-0.2, -0.15) is 0 Å². The van der Waals surface area contributed by atoms with Gasteiger partial charge in [0.2, 0.25) is 0 Å². The van der Waals surface area contributed by atoms with Crippen LogP contribution < -0.4 is 15.0 Å². The van der Waals surface area contributed by atoms with E-state index in [1.807, 2.05) is 6.92 Å². The molecule has 0 saturated carbocycles. The van der Waals surface area contributed by atoms with E-state index in [4.69, 9.17) is 16.3 Å². The first kappa shape index (κ1) is 19.5. The number of hydrogen-bond donors (Lipinski definition) is 2. The molecule has 2 aromatic carbocycles. The molecule has 28 heavy (non-hydrogen) atoms. The Balaban J connectivity index is 1.97. The van der Waals surface area contributed by atoms with Gasteiger partial charge in [0.05, 0.1) is 12.3 Å². The SMILES string of the molecule is C=CCc1cc(/C=C2/NC(=O)N(c3ccc(Cl)cc3)C2=O)cc(OCC)c1O. The van der Waals surface area contributed by atoms with Gasteiger partial charge in [0.1, 0.15) is 5.70 Å². The van der Waals surface area contributed by atoms with E-state index in [1.54, 1.807) is 48.6 Å².